The lowest BCUT2D eigenvalue weighted by Gasteiger charge is -2.33. The molecule has 4 rings (SSSR count). The lowest BCUT2D eigenvalue weighted by Crippen LogP contribution is -2.43. The molecule has 2 heterocycles. The van der Waals surface area contributed by atoms with Crippen LogP contribution in [0.25, 0.3) is 0 Å². The molecule has 1 aromatic carbocycles. The molecule has 1 aliphatic carbocycles. The molecule has 2 aromatic rings. The summed E-state index contributed by atoms with van der Waals surface area (Å²) in [5.41, 5.74) is 7.03. The summed E-state index contributed by atoms with van der Waals surface area (Å²) >= 11 is 0. The number of amides is 1. The Kier molecular flexibility index (Phi) is 4.06. The first-order valence-corrected chi connectivity index (χ1v) is 8.73. The SMILES string of the molecule is N[C@H](C(=O)N1CCC(c2nncn2C2CC2)CC1)c1ccccc1. The summed E-state index contributed by atoms with van der Waals surface area (Å²) in [5.74, 6) is 1.50. The van der Waals surface area contributed by atoms with Crippen LogP contribution in [0.1, 0.15) is 55.1 Å². The van der Waals surface area contributed by atoms with Crippen LogP contribution in [0, 0.1) is 0 Å². The van der Waals surface area contributed by atoms with E-state index < -0.39 is 6.04 Å². The maximum Gasteiger partial charge on any atom is 0.244 e. The Morgan fingerprint density at radius 3 is 2.50 bits per heavy atom. The second-order valence-electron chi connectivity index (χ2n) is 6.82. The number of carbonyl (C=O) groups excluding carboxylic acids is 1. The molecule has 1 saturated carbocycles. The molecule has 2 N–H and O–H groups in total. The van der Waals surface area contributed by atoms with Gasteiger partial charge < -0.3 is 15.2 Å². The van der Waals surface area contributed by atoms with E-state index in [-0.39, 0.29) is 5.91 Å². The molecule has 6 heteroatoms. The number of rotatable bonds is 4. The third-order valence-electron chi connectivity index (χ3n) is 5.14. The molecule has 0 spiro atoms. The molecule has 1 atom stereocenters. The molecule has 6 nitrogen and oxygen atoms in total. The smallest absolute Gasteiger partial charge is 0.244 e. The minimum Gasteiger partial charge on any atom is -0.341 e. The molecule has 2 fully saturated rings. The Labute approximate surface area is 141 Å². The number of aromatic nitrogens is 3. The zero-order valence-corrected chi connectivity index (χ0v) is 13.7. The van der Waals surface area contributed by atoms with Gasteiger partial charge in [0.25, 0.3) is 0 Å². The fraction of sp³-hybridized carbons (Fsp3) is 0.500. The van der Waals surface area contributed by atoms with Crippen molar-refractivity contribution >= 4 is 5.91 Å². The first kappa shape index (κ1) is 15.3. The minimum atomic E-state index is -0.571. The summed E-state index contributed by atoms with van der Waals surface area (Å²) < 4.78 is 2.23. The predicted molar refractivity (Wildman–Crippen MR) is 90.2 cm³/mol. The van der Waals surface area contributed by atoms with Gasteiger partial charge in [0.1, 0.15) is 18.2 Å². The Hall–Kier alpha value is -2.21. The van der Waals surface area contributed by atoms with Crippen LogP contribution in [0.15, 0.2) is 36.7 Å². The summed E-state index contributed by atoms with van der Waals surface area (Å²) in [7, 11) is 0. The average Bonchev–Trinajstić information content (AvgIpc) is 3.38. The van der Waals surface area contributed by atoms with E-state index in [0.717, 1.165) is 37.3 Å². The van der Waals surface area contributed by atoms with Crippen molar-refractivity contribution < 1.29 is 4.79 Å². The lowest BCUT2D eigenvalue weighted by molar-refractivity contribution is -0.133. The van der Waals surface area contributed by atoms with E-state index in [9.17, 15) is 4.79 Å². The van der Waals surface area contributed by atoms with Crippen LogP contribution in [0.2, 0.25) is 0 Å². The van der Waals surface area contributed by atoms with Crippen LogP contribution in [0.5, 0.6) is 0 Å². The first-order valence-electron chi connectivity index (χ1n) is 8.73. The van der Waals surface area contributed by atoms with Gasteiger partial charge >= 0.3 is 0 Å². The van der Waals surface area contributed by atoms with E-state index in [1.807, 2.05) is 41.6 Å². The third kappa shape index (κ3) is 2.94. The molecule has 1 saturated heterocycles. The summed E-state index contributed by atoms with van der Waals surface area (Å²) in [5, 5.41) is 8.43. The highest BCUT2D eigenvalue weighted by Gasteiger charge is 2.32. The average molecular weight is 325 g/mol. The summed E-state index contributed by atoms with van der Waals surface area (Å²) in [6, 6.07) is 9.61. The van der Waals surface area contributed by atoms with E-state index in [4.69, 9.17) is 5.73 Å². The van der Waals surface area contributed by atoms with E-state index in [2.05, 4.69) is 14.8 Å². The third-order valence-corrected chi connectivity index (χ3v) is 5.14. The summed E-state index contributed by atoms with van der Waals surface area (Å²) in [6.07, 6.45) is 6.18. The van der Waals surface area contributed by atoms with Gasteiger partial charge in [-0.1, -0.05) is 30.3 Å². The molecule has 0 unspecified atom stereocenters. The maximum absolute atomic E-state index is 12.6. The number of piperidine rings is 1. The second kappa shape index (κ2) is 6.36. The van der Waals surface area contributed by atoms with Crippen LogP contribution in [0.3, 0.4) is 0 Å². The standard InChI is InChI=1S/C18H23N5O/c19-16(13-4-2-1-3-5-13)18(24)22-10-8-14(9-11-22)17-21-20-12-23(17)15-6-7-15/h1-5,12,14-16H,6-11,19H2/t16-/m0/s1. The number of benzene rings is 1. The van der Waals surface area contributed by atoms with Crippen molar-refractivity contribution in [2.24, 2.45) is 5.73 Å². The molecule has 2 aliphatic rings. The fourth-order valence-electron chi connectivity index (χ4n) is 3.54. The quantitative estimate of drug-likeness (QED) is 0.933. The number of nitrogens with two attached hydrogens (primary N) is 1. The van der Waals surface area contributed by atoms with Crippen LogP contribution in [0.4, 0.5) is 0 Å². The highest BCUT2D eigenvalue weighted by molar-refractivity contribution is 5.83. The molecule has 24 heavy (non-hydrogen) atoms. The zero-order valence-electron chi connectivity index (χ0n) is 13.7. The Morgan fingerprint density at radius 2 is 1.83 bits per heavy atom. The Morgan fingerprint density at radius 1 is 1.12 bits per heavy atom. The number of hydrogen-bond acceptors (Lipinski definition) is 4. The normalized spacial score (nSPS) is 20.1. The number of likely N-dealkylation sites (tertiary alicyclic amines) is 1. The molecule has 1 aromatic heterocycles. The predicted octanol–water partition coefficient (Wildman–Crippen LogP) is 2.02. The topological polar surface area (TPSA) is 77.0 Å². The highest BCUT2D eigenvalue weighted by Crippen LogP contribution is 2.38. The number of hydrogen-bond donors (Lipinski definition) is 1. The molecular formula is C18H23N5O. The first-order chi connectivity index (χ1) is 11.7. The van der Waals surface area contributed by atoms with Crippen molar-refractivity contribution in [3.05, 3.63) is 48.0 Å². The molecule has 126 valence electrons. The lowest BCUT2D eigenvalue weighted by atomic mass is 9.95. The van der Waals surface area contributed by atoms with Crippen LogP contribution in [-0.2, 0) is 4.79 Å². The Bertz CT molecular complexity index is 701. The molecular weight excluding hydrogens is 302 g/mol. The monoisotopic (exact) mass is 325 g/mol. The van der Waals surface area contributed by atoms with E-state index in [1.165, 1.54) is 12.8 Å². The van der Waals surface area contributed by atoms with Crippen molar-refractivity contribution in [3.8, 4) is 0 Å². The molecule has 0 radical (unpaired) electrons. The van der Waals surface area contributed by atoms with Gasteiger partial charge in [-0.05, 0) is 31.2 Å². The van der Waals surface area contributed by atoms with Gasteiger partial charge in [-0.3, -0.25) is 4.79 Å². The molecule has 1 aliphatic heterocycles. The van der Waals surface area contributed by atoms with Gasteiger partial charge in [0, 0.05) is 25.0 Å². The van der Waals surface area contributed by atoms with Gasteiger partial charge in [-0.25, -0.2) is 0 Å². The highest BCUT2D eigenvalue weighted by atomic mass is 16.2. The minimum absolute atomic E-state index is 0.0170. The van der Waals surface area contributed by atoms with Crippen LogP contribution < -0.4 is 5.73 Å². The molecule has 1 amide bonds. The van der Waals surface area contributed by atoms with E-state index in [1.54, 1.807) is 0 Å². The zero-order chi connectivity index (χ0) is 16.5. The largest absolute Gasteiger partial charge is 0.341 e. The van der Waals surface area contributed by atoms with Crippen molar-refractivity contribution in [1.82, 2.24) is 19.7 Å². The van der Waals surface area contributed by atoms with Crippen molar-refractivity contribution in [2.75, 3.05) is 13.1 Å². The van der Waals surface area contributed by atoms with Gasteiger partial charge in [0.2, 0.25) is 5.91 Å². The van der Waals surface area contributed by atoms with E-state index >= 15 is 0 Å². The van der Waals surface area contributed by atoms with Crippen molar-refractivity contribution in [1.29, 1.82) is 0 Å². The molecule has 0 bridgehead atoms. The Balaban J connectivity index is 1.39. The van der Waals surface area contributed by atoms with Gasteiger partial charge in [0.15, 0.2) is 0 Å². The van der Waals surface area contributed by atoms with E-state index in [0.29, 0.717) is 12.0 Å². The number of nitrogens with zero attached hydrogens (tertiary/aromatic N) is 4. The maximum atomic E-state index is 12.6. The van der Waals surface area contributed by atoms with Gasteiger partial charge in [-0.15, -0.1) is 10.2 Å². The van der Waals surface area contributed by atoms with Crippen molar-refractivity contribution in [3.63, 3.8) is 0 Å². The van der Waals surface area contributed by atoms with Crippen LogP contribution >= 0.6 is 0 Å². The summed E-state index contributed by atoms with van der Waals surface area (Å²) in [6.45, 7) is 1.48. The van der Waals surface area contributed by atoms with Gasteiger partial charge in [0.05, 0.1) is 0 Å². The van der Waals surface area contributed by atoms with Gasteiger partial charge in [-0.2, -0.15) is 0 Å². The fourth-order valence-corrected chi connectivity index (χ4v) is 3.54. The van der Waals surface area contributed by atoms with Crippen LogP contribution in [-0.4, -0.2) is 38.7 Å². The second-order valence-corrected chi connectivity index (χ2v) is 6.82. The summed E-state index contributed by atoms with van der Waals surface area (Å²) in [4.78, 5) is 14.5. The van der Waals surface area contributed by atoms with Crippen molar-refractivity contribution in [2.45, 2.75) is 43.7 Å². The number of carbonyl (C=O) groups is 1.